The summed E-state index contributed by atoms with van der Waals surface area (Å²) in [6.07, 6.45) is 0. The van der Waals surface area contributed by atoms with Crippen molar-refractivity contribution >= 4 is 29.8 Å². The van der Waals surface area contributed by atoms with Gasteiger partial charge in [-0.05, 0) is 53.1 Å². The second-order valence-electron chi connectivity index (χ2n) is 8.27. The maximum absolute atomic E-state index is 13.3. The number of amides is 1. The molecular formula is C29H29ClN4O3. The molecule has 7 nitrogen and oxygen atoms in total. The molecule has 0 saturated carbocycles. The van der Waals surface area contributed by atoms with Crippen molar-refractivity contribution in [3.8, 4) is 11.5 Å². The van der Waals surface area contributed by atoms with Crippen molar-refractivity contribution in [2.24, 2.45) is 5.73 Å². The Bertz CT molecular complexity index is 1320. The molecular weight excluding hydrogens is 488 g/mol. The van der Waals surface area contributed by atoms with Crippen LogP contribution in [0, 0.1) is 5.41 Å². The Morgan fingerprint density at radius 3 is 2.14 bits per heavy atom. The van der Waals surface area contributed by atoms with E-state index >= 15 is 0 Å². The van der Waals surface area contributed by atoms with Crippen molar-refractivity contribution in [1.82, 2.24) is 5.32 Å². The average Bonchev–Trinajstić information content (AvgIpc) is 2.91. The van der Waals surface area contributed by atoms with Crippen LogP contribution in [0.2, 0.25) is 0 Å². The lowest BCUT2D eigenvalue weighted by Crippen LogP contribution is -2.33. The molecule has 1 amide bonds. The van der Waals surface area contributed by atoms with Crippen LogP contribution in [0.15, 0.2) is 103 Å². The highest BCUT2D eigenvalue weighted by atomic mass is 35.5. The van der Waals surface area contributed by atoms with Crippen LogP contribution in [-0.2, 0) is 17.9 Å². The minimum atomic E-state index is -0.767. The van der Waals surface area contributed by atoms with Gasteiger partial charge in [-0.15, -0.1) is 12.4 Å². The van der Waals surface area contributed by atoms with E-state index in [1.54, 1.807) is 36.4 Å². The molecule has 1 atom stereocenters. The summed E-state index contributed by atoms with van der Waals surface area (Å²) < 4.78 is 5.87. The van der Waals surface area contributed by atoms with Gasteiger partial charge in [0.2, 0.25) is 5.91 Å². The van der Waals surface area contributed by atoms with E-state index in [9.17, 15) is 9.90 Å². The normalized spacial score (nSPS) is 11.0. The van der Waals surface area contributed by atoms with Crippen LogP contribution in [0.3, 0.4) is 0 Å². The molecule has 0 saturated heterocycles. The number of nitrogens with one attached hydrogen (secondary N) is 3. The number of nitrogen functional groups attached to an aromatic ring is 1. The molecule has 0 heterocycles. The van der Waals surface area contributed by atoms with Crippen molar-refractivity contribution in [2.45, 2.75) is 19.2 Å². The van der Waals surface area contributed by atoms with Gasteiger partial charge in [-0.3, -0.25) is 10.2 Å². The van der Waals surface area contributed by atoms with E-state index in [4.69, 9.17) is 15.9 Å². The van der Waals surface area contributed by atoms with Gasteiger partial charge in [0.15, 0.2) is 11.5 Å². The predicted molar refractivity (Wildman–Crippen MR) is 148 cm³/mol. The zero-order chi connectivity index (χ0) is 25.3. The lowest BCUT2D eigenvalue weighted by molar-refractivity contribution is -0.122. The number of benzene rings is 4. The van der Waals surface area contributed by atoms with Crippen LogP contribution >= 0.6 is 12.4 Å². The maximum atomic E-state index is 13.3. The number of hydrogen-bond acceptors (Lipinski definition) is 5. The van der Waals surface area contributed by atoms with E-state index in [0.717, 1.165) is 11.1 Å². The Morgan fingerprint density at radius 1 is 0.892 bits per heavy atom. The number of phenols is 1. The fourth-order valence-electron chi connectivity index (χ4n) is 3.66. The van der Waals surface area contributed by atoms with Crippen LogP contribution in [-0.4, -0.2) is 16.8 Å². The third kappa shape index (κ3) is 7.49. The van der Waals surface area contributed by atoms with Crippen LogP contribution < -0.4 is 21.1 Å². The molecule has 0 aliphatic heterocycles. The Labute approximate surface area is 222 Å². The molecule has 4 aromatic carbocycles. The SMILES string of the molecule is Cl.N=C(N)c1ccc(NC(C(=O)NCc2ccccc2)c2ccc(O)c(OCc3ccccc3)c2)cc1. The van der Waals surface area contributed by atoms with Crippen molar-refractivity contribution in [3.63, 3.8) is 0 Å². The topological polar surface area (TPSA) is 120 Å². The number of carbonyl (C=O) groups is 1. The largest absolute Gasteiger partial charge is 0.504 e. The fourth-order valence-corrected chi connectivity index (χ4v) is 3.66. The number of ether oxygens (including phenoxy) is 1. The van der Waals surface area contributed by atoms with E-state index in [1.807, 2.05) is 60.7 Å². The maximum Gasteiger partial charge on any atom is 0.247 e. The van der Waals surface area contributed by atoms with Gasteiger partial charge in [-0.1, -0.05) is 66.7 Å². The molecule has 0 aliphatic rings. The zero-order valence-electron chi connectivity index (χ0n) is 20.1. The molecule has 6 N–H and O–H groups in total. The van der Waals surface area contributed by atoms with Gasteiger partial charge in [-0.25, -0.2) is 0 Å². The second kappa shape index (κ2) is 13.0. The van der Waals surface area contributed by atoms with E-state index in [0.29, 0.717) is 23.4 Å². The lowest BCUT2D eigenvalue weighted by Gasteiger charge is -2.21. The molecule has 0 aliphatic carbocycles. The van der Waals surface area contributed by atoms with Gasteiger partial charge in [-0.2, -0.15) is 0 Å². The fraction of sp³-hybridized carbons (Fsp3) is 0.103. The van der Waals surface area contributed by atoms with Gasteiger partial charge in [0.05, 0.1) is 0 Å². The third-order valence-corrected chi connectivity index (χ3v) is 5.63. The number of phenolic OH excluding ortho intramolecular Hbond substituents is 1. The number of hydrogen-bond donors (Lipinski definition) is 5. The summed E-state index contributed by atoms with van der Waals surface area (Å²) in [7, 11) is 0. The van der Waals surface area contributed by atoms with Crippen LogP contribution in [0.5, 0.6) is 11.5 Å². The molecule has 8 heteroatoms. The van der Waals surface area contributed by atoms with Crippen molar-refractivity contribution < 1.29 is 14.6 Å². The third-order valence-electron chi connectivity index (χ3n) is 5.63. The first-order valence-corrected chi connectivity index (χ1v) is 11.5. The second-order valence-corrected chi connectivity index (χ2v) is 8.27. The summed E-state index contributed by atoms with van der Waals surface area (Å²) in [5, 5.41) is 24.2. The first-order valence-electron chi connectivity index (χ1n) is 11.5. The summed E-state index contributed by atoms with van der Waals surface area (Å²) in [5.74, 6) is 0.00141. The highest BCUT2D eigenvalue weighted by molar-refractivity contribution is 5.95. The monoisotopic (exact) mass is 516 g/mol. The number of halogens is 1. The smallest absolute Gasteiger partial charge is 0.247 e. The summed E-state index contributed by atoms with van der Waals surface area (Å²) >= 11 is 0. The predicted octanol–water partition coefficient (Wildman–Crippen LogP) is 5.15. The minimum Gasteiger partial charge on any atom is -0.504 e. The molecule has 4 aromatic rings. The molecule has 0 fully saturated rings. The van der Waals surface area contributed by atoms with Crippen LogP contribution in [0.25, 0.3) is 0 Å². The summed E-state index contributed by atoms with van der Waals surface area (Å²) in [6.45, 7) is 0.652. The highest BCUT2D eigenvalue weighted by Gasteiger charge is 2.22. The number of carbonyl (C=O) groups excluding carboxylic acids is 1. The Balaban J connectivity index is 0.00000380. The molecule has 0 aromatic heterocycles. The minimum absolute atomic E-state index is 0. The summed E-state index contributed by atoms with van der Waals surface area (Å²) in [6, 6.07) is 30.4. The molecule has 0 radical (unpaired) electrons. The Hall–Kier alpha value is -4.49. The lowest BCUT2D eigenvalue weighted by atomic mass is 10.0. The molecule has 0 spiro atoms. The van der Waals surface area contributed by atoms with E-state index < -0.39 is 6.04 Å². The number of anilines is 1. The molecule has 0 bridgehead atoms. The van der Waals surface area contributed by atoms with Gasteiger partial charge in [0.1, 0.15) is 18.5 Å². The van der Waals surface area contributed by atoms with E-state index in [2.05, 4.69) is 10.6 Å². The standard InChI is InChI=1S/C29H28N4O3.ClH/c30-28(31)22-11-14-24(15-12-22)33-27(29(35)32-18-20-7-3-1-4-8-20)23-13-16-25(34)26(17-23)36-19-21-9-5-2-6-10-21;/h1-17,27,33-34H,18-19H2,(H3,30,31)(H,32,35);1H. The molecule has 37 heavy (non-hydrogen) atoms. The first-order chi connectivity index (χ1) is 17.5. The number of rotatable bonds is 10. The Kier molecular flexibility index (Phi) is 9.52. The van der Waals surface area contributed by atoms with Crippen LogP contribution in [0.1, 0.15) is 28.3 Å². The number of nitrogens with two attached hydrogens (primary N) is 1. The van der Waals surface area contributed by atoms with Gasteiger partial charge < -0.3 is 26.2 Å². The van der Waals surface area contributed by atoms with Gasteiger partial charge in [0, 0.05) is 17.8 Å². The van der Waals surface area contributed by atoms with Crippen molar-refractivity contribution in [2.75, 3.05) is 5.32 Å². The van der Waals surface area contributed by atoms with Crippen LogP contribution in [0.4, 0.5) is 5.69 Å². The quantitative estimate of drug-likeness (QED) is 0.147. The molecule has 1 unspecified atom stereocenters. The van der Waals surface area contributed by atoms with Gasteiger partial charge >= 0.3 is 0 Å². The highest BCUT2D eigenvalue weighted by Crippen LogP contribution is 2.31. The Morgan fingerprint density at radius 2 is 1.51 bits per heavy atom. The first kappa shape index (κ1) is 27.1. The average molecular weight is 517 g/mol. The molecule has 190 valence electrons. The summed E-state index contributed by atoms with van der Waals surface area (Å²) in [4.78, 5) is 13.3. The van der Waals surface area contributed by atoms with E-state index in [-0.39, 0.29) is 42.3 Å². The zero-order valence-corrected chi connectivity index (χ0v) is 20.9. The van der Waals surface area contributed by atoms with E-state index in [1.165, 1.54) is 6.07 Å². The van der Waals surface area contributed by atoms with Crippen molar-refractivity contribution in [1.29, 1.82) is 5.41 Å². The summed E-state index contributed by atoms with van der Waals surface area (Å²) in [5.41, 5.74) is 9.39. The number of aromatic hydroxyl groups is 1. The van der Waals surface area contributed by atoms with Crippen molar-refractivity contribution in [3.05, 3.63) is 125 Å². The number of amidine groups is 1. The van der Waals surface area contributed by atoms with Gasteiger partial charge in [0.25, 0.3) is 0 Å². The molecule has 4 rings (SSSR count).